The van der Waals surface area contributed by atoms with Crippen molar-refractivity contribution in [3.05, 3.63) is 0 Å². The zero-order chi connectivity index (χ0) is 14.0. The normalized spacial score (nSPS) is 29.0. The van der Waals surface area contributed by atoms with Gasteiger partial charge < -0.3 is 5.11 Å². The SMILES string of the molecule is CN1C(=O)CC(N2CCCCC2CCC(=O)O)C1=O. The summed E-state index contributed by atoms with van der Waals surface area (Å²) < 4.78 is 0. The summed E-state index contributed by atoms with van der Waals surface area (Å²) in [6.07, 6.45) is 3.88. The first-order valence-electron chi connectivity index (χ1n) is 6.78. The molecule has 2 atom stereocenters. The van der Waals surface area contributed by atoms with Crippen molar-refractivity contribution in [1.82, 2.24) is 9.80 Å². The van der Waals surface area contributed by atoms with Crippen LogP contribution in [0.15, 0.2) is 0 Å². The lowest BCUT2D eigenvalue weighted by atomic mass is 9.95. The number of amides is 2. The minimum absolute atomic E-state index is 0.109. The summed E-state index contributed by atoms with van der Waals surface area (Å²) >= 11 is 0. The van der Waals surface area contributed by atoms with E-state index in [1.165, 1.54) is 11.9 Å². The number of nitrogens with zero attached hydrogens (tertiary/aromatic N) is 2. The average Bonchev–Trinajstić information content (AvgIpc) is 2.64. The molecule has 0 aliphatic carbocycles. The first kappa shape index (κ1) is 14.0. The van der Waals surface area contributed by atoms with E-state index < -0.39 is 5.97 Å². The molecule has 2 aliphatic rings. The van der Waals surface area contributed by atoms with Gasteiger partial charge in [-0.3, -0.25) is 24.2 Å². The lowest BCUT2D eigenvalue weighted by Crippen LogP contribution is -2.49. The molecule has 2 aliphatic heterocycles. The van der Waals surface area contributed by atoms with Gasteiger partial charge in [0.2, 0.25) is 11.8 Å². The molecule has 2 fully saturated rings. The van der Waals surface area contributed by atoms with Crippen molar-refractivity contribution < 1.29 is 19.5 Å². The quantitative estimate of drug-likeness (QED) is 0.750. The molecule has 6 nitrogen and oxygen atoms in total. The van der Waals surface area contributed by atoms with E-state index in [-0.39, 0.29) is 36.7 Å². The second-order valence-electron chi connectivity index (χ2n) is 5.33. The van der Waals surface area contributed by atoms with Crippen molar-refractivity contribution in [1.29, 1.82) is 0 Å². The van der Waals surface area contributed by atoms with Crippen LogP contribution in [0.3, 0.4) is 0 Å². The van der Waals surface area contributed by atoms with Crippen molar-refractivity contribution >= 4 is 17.8 Å². The second kappa shape index (κ2) is 5.69. The molecular weight excluding hydrogens is 248 g/mol. The fourth-order valence-electron chi connectivity index (χ4n) is 3.03. The minimum atomic E-state index is -0.809. The zero-order valence-electron chi connectivity index (χ0n) is 11.2. The summed E-state index contributed by atoms with van der Waals surface area (Å²) in [5.41, 5.74) is 0. The van der Waals surface area contributed by atoms with Crippen molar-refractivity contribution in [2.75, 3.05) is 13.6 Å². The average molecular weight is 268 g/mol. The molecule has 1 N–H and O–H groups in total. The summed E-state index contributed by atoms with van der Waals surface area (Å²) in [6, 6.07) is -0.269. The van der Waals surface area contributed by atoms with E-state index in [0.29, 0.717) is 6.42 Å². The van der Waals surface area contributed by atoms with E-state index in [2.05, 4.69) is 4.90 Å². The van der Waals surface area contributed by atoms with Gasteiger partial charge in [0.05, 0.1) is 12.5 Å². The van der Waals surface area contributed by atoms with Gasteiger partial charge in [-0.05, 0) is 25.8 Å². The number of rotatable bonds is 4. The number of carboxylic acids is 1. The predicted octanol–water partition coefficient (Wildman–Crippen LogP) is 0.463. The third kappa shape index (κ3) is 2.94. The first-order chi connectivity index (χ1) is 9.00. The summed E-state index contributed by atoms with van der Waals surface area (Å²) in [4.78, 5) is 37.6. The number of carbonyl (C=O) groups excluding carboxylic acids is 2. The van der Waals surface area contributed by atoms with Crippen LogP contribution >= 0.6 is 0 Å². The Kier molecular flexibility index (Phi) is 4.19. The number of hydrogen-bond acceptors (Lipinski definition) is 4. The molecule has 2 amide bonds. The smallest absolute Gasteiger partial charge is 0.303 e. The number of imide groups is 1. The molecule has 2 heterocycles. The molecule has 106 valence electrons. The highest BCUT2D eigenvalue weighted by atomic mass is 16.4. The van der Waals surface area contributed by atoms with Gasteiger partial charge in [-0.15, -0.1) is 0 Å². The van der Waals surface area contributed by atoms with Crippen LogP contribution in [0.25, 0.3) is 0 Å². The number of likely N-dealkylation sites (tertiary alicyclic amines) is 2. The van der Waals surface area contributed by atoms with Gasteiger partial charge in [-0.2, -0.15) is 0 Å². The fourth-order valence-corrected chi connectivity index (χ4v) is 3.03. The Labute approximate surface area is 112 Å². The van der Waals surface area contributed by atoms with E-state index in [1.807, 2.05) is 0 Å². The Balaban J connectivity index is 2.05. The van der Waals surface area contributed by atoms with E-state index in [9.17, 15) is 14.4 Å². The van der Waals surface area contributed by atoms with Crippen LogP contribution in [0.2, 0.25) is 0 Å². The van der Waals surface area contributed by atoms with Crippen LogP contribution in [0, 0.1) is 0 Å². The molecule has 6 heteroatoms. The molecule has 0 aromatic carbocycles. The summed E-state index contributed by atoms with van der Waals surface area (Å²) in [7, 11) is 1.51. The maximum Gasteiger partial charge on any atom is 0.303 e. The minimum Gasteiger partial charge on any atom is -0.481 e. The first-order valence-corrected chi connectivity index (χ1v) is 6.78. The molecule has 2 saturated heterocycles. The molecule has 0 saturated carbocycles. The van der Waals surface area contributed by atoms with Gasteiger partial charge in [-0.25, -0.2) is 0 Å². The van der Waals surface area contributed by atoms with Crippen LogP contribution < -0.4 is 0 Å². The summed E-state index contributed by atoms with van der Waals surface area (Å²) in [5, 5.41) is 8.78. The highest BCUT2D eigenvalue weighted by molar-refractivity contribution is 6.05. The van der Waals surface area contributed by atoms with Gasteiger partial charge in [0.25, 0.3) is 0 Å². The van der Waals surface area contributed by atoms with Gasteiger partial charge in [0.1, 0.15) is 0 Å². The van der Waals surface area contributed by atoms with Gasteiger partial charge >= 0.3 is 5.97 Å². The maximum absolute atomic E-state index is 12.0. The number of piperidine rings is 1. The molecule has 2 unspecified atom stereocenters. The fraction of sp³-hybridized carbons (Fsp3) is 0.769. The second-order valence-corrected chi connectivity index (χ2v) is 5.33. The third-order valence-electron chi connectivity index (χ3n) is 4.12. The van der Waals surface area contributed by atoms with Crippen molar-refractivity contribution in [3.8, 4) is 0 Å². The highest BCUT2D eigenvalue weighted by Gasteiger charge is 2.42. The molecule has 0 aromatic rings. The van der Waals surface area contributed by atoms with Crippen LogP contribution in [0.5, 0.6) is 0 Å². The number of aliphatic carboxylic acids is 1. The monoisotopic (exact) mass is 268 g/mol. The molecular formula is C13H20N2O4. The van der Waals surface area contributed by atoms with E-state index in [0.717, 1.165) is 25.8 Å². The molecule has 0 spiro atoms. The lowest BCUT2D eigenvalue weighted by Gasteiger charge is -2.38. The highest BCUT2D eigenvalue weighted by Crippen LogP contribution is 2.27. The Morgan fingerprint density at radius 3 is 2.68 bits per heavy atom. The van der Waals surface area contributed by atoms with Crippen molar-refractivity contribution in [2.24, 2.45) is 0 Å². The van der Waals surface area contributed by atoms with Gasteiger partial charge in [0.15, 0.2) is 0 Å². The van der Waals surface area contributed by atoms with Gasteiger partial charge in [0, 0.05) is 19.5 Å². The molecule has 19 heavy (non-hydrogen) atoms. The number of likely N-dealkylation sites (N-methyl/N-ethyl adjacent to an activating group) is 1. The molecule has 0 aromatic heterocycles. The number of hydrogen-bond donors (Lipinski definition) is 1. The predicted molar refractivity (Wildman–Crippen MR) is 67.4 cm³/mol. The van der Waals surface area contributed by atoms with E-state index in [1.54, 1.807) is 0 Å². The van der Waals surface area contributed by atoms with Crippen molar-refractivity contribution in [3.63, 3.8) is 0 Å². The topological polar surface area (TPSA) is 77.9 Å². The maximum atomic E-state index is 12.0. The Morgan fingerprint density at radius 1 is 1.37 bits per heavy atom. The standard InChI is InChI=1S/C13H20N2O4/c1-14-11(16)8-10(13(14)19)15-7-3-2-4-9(15)5-6-12(17)18/h9-10H,2-8H2,1H3,(H,17,18). The van der Waals surface area contributed by atoms with Gasteiger partial charge in [-0.1, -0.05) is 6.42 Å². The molecule has 0 bridgehead atoms. The Morgan fingerprint density at radius 2 is 2.11 bits per heavy atom. The number of carboxylic acid groups (broad SMARTS) is 1. The third-order valence-corrected chi connectivity index (χ3v) is 4.12. The zero-order valence-corrected chi connectivity index (χ0v) is 11.2. The number of carbonyl (C=O) groups is 3. The largest absolute Gasteiger partial charge is 0.481 e. The van der Waals surface area contributed by atoms with E-state index >= 15 is 0 Å². The Hall–Kier alpha value is -1.43. The Bertz CT molecular complexity index is 396. The van der Waals surface area contributed by atoms with Crippen LogP contribution in [0.1, 0.15) is 38.5 Å². The van der Waals surface area contributed by atoms with Crippen molar-refractivity contribution in [2.45, 2.75) is 50.6 Å². The molecule has 0 radical (unpaired) electrons. The summed E-state index contributed by atoms with van der Waals surface area (Å²) in [5.74, 6) is -1.10. The van der Waals surface area contributed by atoms with E-state index in [4.69, 9.17) is 5.11 Å². The lowest BCUT2D eigenvalue weighted by molar-refractivity contribution is -0.138. The summed E-state index contributed by atoms with van der Waals surface area (Å²) in [6.45, 7) is 0.780. The van der Waals surface area contributed by atoms with Crippen LogP contribution in [0.4, 0.5) is 0 Å². The van der Waals surface area contributed by atoms with Crippen LogP contribution in [-0.4, -0.2) is 58.4 Å². The van der Waals surface area contributed by atoms with Crippen LogP contribution in [-0.2, 0) is 14.4 Å². The molecule has 2 rings (SSSR count).